The summed E-state index contributed by atoms with van der Waals surface area (Å²) in [5.41, 5.74) is 1.89. The summed E-state index contributed by atoms with van der Waals surface area (Å²) in [4.78, 5) is 25.9. The fraction of sp³-hybridized carbons (Fsp3) is 0.353. The average Bonchev–Trinajstić information content (AvgIpc) is 3.30. The third-order valence-electron chi connectivity index (χ3n) is 3.75. The van der Waals surface area contributed by atoms with E-state index in [9.17, 15) is 9.59 Å². The molecule has 1 aliphatic rings. The maximum Gasteiger partial charge on any atom is 0.254 e. The van der Waals surface area contributed by atoms with Gasteiger partial charge in [0.1, 0.15) is 11.5 Å². The number of rotatable bonds is 5. The summed E-state index contributed by atoms with van der Waals surface area (Å²) >= 11 is 0. The van der Waals surface area contributed by atoms with Gasteiger partial charge in [0.15, 0.2) is 0 Å². The molecule has 0 aliphatic heterocycles. The Morgan fingerprint density at radius 3 is 2.78 bits per heavy atom. The van der Waals surface area contributed by atoms with Gasteiger partial charge in [0.05, 0.1) is 6.54 Å². The van der Waals surface area contributed by atoms with E-state index in [0.29, 0.717) is 29.2 Å². The number of aromatic nitrogens is 1. The topological polar surface area (TPSA) is 75.4 Å². The van der Waals surface area contributed by atoms with Crippen LogP contribution in [0.3, 0.4) is 0 Å². The van der Waals surface area contributed by atoms with Crippen molar-refractivity contribution in [2.75, 3.05) is 12.4 Å². The van der Waals surface area contributed by atoms with E-state index in [-0.39, 0.29) is 17.7 Å². The molecule has 1 heterocycles. The molecule has 6 heteroatoms. The number of carbonyl (C=O) groups is 2. The number of nitrogens with one attached hydrogen (secondary N) is 1. The zero-order valence-corrected chi connectivity index (χ0v) is 13.2. The van der Waals surface area contributed by atoms with Crippen LogP contribution in [0.15, 0.2) is 34.9 Å². The lowest BCUT2D eigenvalue weighted by molar-refractivity contribution is -0.117. The smallest absolute Gasteiger partial charge is 0.254 e. The summed E-state index contributed by atoms with van der Waals surface area (Å²) in [7, 11) is 1.71. The van der Waals surface area contributed by atoms with E-state index in [4.69, 9.17) is 4.52 Å². The molecule has 1 fully saturated rings. The van der Waals surface area contributed by atoms with Crippen LogP contribution in [-0.4, -0.2) is 28.9 Å². The van der Waals surface area contributed by atoms with Gasteiger partial charge in [-0.05, 0) is 38.0 Å². The predicted molar refractivity (Wildman–Crippen MR) is 84.8 cm³/mol. The fourth-order valence-corrected chi connectivity index (χ4v) is 2.35. The molecule has 3 rings (SSSR count). The molecule has 0 saturated heterocycles. The van der Waals surface area contributed by atoms with E-state index in [0.717, 1.165) is 12.8 Å². The number of aryl methyl sites for hydroxylation is 1. The van der Waals surface area contributed by atoms with Crippen LogP contribution in [0.2, 0.25) is 0 Å². The summed E-state index contributed by atoms with van der Waals surface area (Å²) in [5.74, 6) is 0.743. The molecule has 23 heavy (non-hydrogen) atoms. The van der Waals surface area contributed by atoms with Crippen LogP contribution >= 0.6 is 0 Å². The predicted octanol–water partition coefficient (Wildman–Crippen LogP) is 2.60. The molecule has 0 spiro atoms. The zero-order valence-electron chi connectivity index (χ0n) is 13.2. The quantitative estimate of drug-likeness (QED) is 0.920. The molecule has 1 aromatic heterocycles. The van der Waals surface area contributed by atoms with Crippen molar-refractivity contribution in [3.05, 3.63) is 47.3 Å². The lowest BCUT2D eigenvalue weighted by atomic mass is 10.1. The van der Waals surface area contributed by atoms with Crippen LogP contribution < -0.4 is 5.32 Å². The number of hydrogen-bond acceptors (Lipinski definition) is 4. The molecule has 2 aromatic rings. The van der Waals surface area contributed by atoms with Crippen LogP contribution in [0, 0.1) is 12.8 Å². The minimum atomic E-state index is -0.131. The molecule has 0 unspecified atom stereocenters. The highest BCUT2D eigenvalue weighted by molar-refractivity contribution is 5.98. The number of carbonyl (C=O) groups excluding carboxylic acids is 2. The highest BCUT2D eigenvalue weighted by Gasteiger charge is 2.29. The van der Waals surface area contributed by atoms with Gasteiger partial charge in [0, 0.05) is 30.3 Å². The molecular formula is C17H19N3O3. The minimum absolute atomic E-state index is 0.0287. The third-order valence-corrected chi connectivity index (χ3v) is 3.75. The second-order valence-electron chi connectivity index (χ2n) is 5.93. The van der Waals surface area contributed by atoms with Gasteiger partial charge in [0.2, 0.25) is 5.91 Å². The Balaban J connectivity index is 1.67. The van der Waals surface area contributed by atoms with Gasteiger partial charge in [-0.2, -0.15) is 0 Å². The zero-order chi connectivity index (χ0) is 16.4. The molecule has 0 bridgehead atoms. The number of benzene rings is 1. The van der Waals surface area contributed by atoms with E-state index in [1.54, 1.807) is 42.3 Å². The van der Waals surface area contributed by atoms with Crippen molar-refractivity contribution in [2.45, 2.75) is 26.3 Å². The lowest BCUT2D eigenvalue weighted by Gasteiger charge is -2.16. The Bertz CT molecular complexity index is 734. The second kappa shape index (κ2) is 6.24. The first-order valence-electron chi connectivity index (χ1n) is 7.61. The van der Waals surface area contributed by atoms with Gasteiger partial charge in [-0.3, -0.25) is 9.59 Å². The standard InChI is InChI=1S/C17H19N3O3/c1-11-8-15(19-23-11)10-20(2)17(22)13-4-3-5-14(9-13)18-16(21)12-6-7-12/h3-5,8-9,12H,6-7,10H2,1-2H3,(H,18,21). The van der Waals surface area contributed by atoms with Crippen LogP contribution in [0.1, 0.15) is 34.7 Å². The first kappa shape index (κ1) is 15.3. The van der Waals surface area contributed by atoms with E-state index < -0.39 is 0 Å². The van der Waals surface area contributed by atoms with Gasteiger partial charge < -0.3 is 14.7 Å². The molecule has 0 radical (unpaired) electrons. The molecule has 1 N–H and O–H groups in total. The SMILES string of the molecule is Cc1cc(CN(C)C(=O)c2cccc(NC(=O)C3CC3)c2)no1. The van der Waals surface area contributed by atoms with Gasteiger partial charge in [0.25, 0.3) is 5.91 Å². The van der Waals surface area contributed by atoms with E-state index in [2.05, 4.69) is 10.5 Å². The Morgan fingerprint density at radius 2 is 2.13 bits per heavy atom. The number of amides is 2. The molecule has 0 atom stereocenters. The molecule has 1 aromatic carbocycles. The monoisotopic (exact) mass is 313 g/mol. The Morgan fingerprint density at radius 1 is 1.35 bits per heavy atom. The average molecular weight is 313 g/mol. The number of anilines is 1. The summed E-state index contributed by atoms with van der Waals surface area (Å²) in [6.07, 6.45) is 1.90. The highest BCUT2D eigenvalue weighted by Crippen LogP contribution is 2.30. The molecule has 2 amide bonds. The third kappa shape index (κ3) is 3.77. The van der Waals surface area contributed by atoms with Gasteiger partial charge in [-0.25, -0.2) is 0 Å². The van der Waals surface area contributed by atoms with Crippen LogP contribution in [0.4, 0.5) is 5.69 Å². The molecule has 6 nitrogen and oxygen atoms in total. The summed E-state index contributed by atoms with van der Waals surface area (Å²) < 4.78 is 5.01. The first-order valence-corrected chi connectivity index (χ1v) is 7.61. The fourth-order valence-electron chi connectivity index (χ4n) is 2.35. The normalized spacial score (nSPS) is 13.7. The van der Waals surface area contributed by atoms with Crippen LogP contribution in [0.5, 0.6) is 0 Å². The lowest BCUT2D eigenvalue weighted by Crippen LogP contribution is -2.26. The van der Waals surface area contributed by atoms with Gasteiger partial charge in [-0.15, -0.1) is 0 Å². The Hall–Kier alpha value is -2.63. The summed E-state index contributed by atoms with van der Waals surface area (Å²) in [6, 6.07) is 8.80. The van der Waals surface area contributed by atoms with Crippen molar-refractivity contribution in [3.8, 4) is 0 Å². The number of hydrogen-bond donors (Lipinski definition) is 1. The van der Waals surface area contributed by atoms with Gasteiger partial charge in [-0.1, -0.05) is 11.2 Å². The molecule has 1 aliphatic carbocycles. The Kier molecular flexibility index (Phi) is 4.14. The van der Waals surface area contributed by atoms with E-state index in [1.165, 1.54) is 0 Å². The first-order chi connectivity index (χ1) is 11.0. The maximum absolute atomic E-state index is 12.5. The largest absolute Gasteiger partial charge is 0.361 e. The van der Waals surface area contributed by atoms with Crippen molar-refractivity contribution < 1.29 is 14.1 Å². The van der Waals surface area contributed by atoms with Crippen molar-refractivity contribution in [1.82, 2.24) is 10.1 Å². The minimum Gasteiger partial charge on any atom is -0.361 e. The summed E-state index contributed by atoms with van der Waals surface area (Å²) in [6.45, 7) is 2.18. The number of nitrogens with zero attached hydrogens (tertiary/aromatic N) is 2. The van der Waals surface area contributed by atoms with Crippen LogP contribution in [0.25, 0.3) is 0 Å². The Labute approximate surface area is 134 Å². The molecule has 120 valence electrons. The molecule has 1 saturated carbocycles. The van der Waals surface area contributed by atoms with Crippen molar-refractivity contribution >= 4 is 17.5 Å². The van der Waals surface area contributed by atoms with E-state index >= 15 is 0 Å². The van der Waals surface area contributed by atoms with Crippen molar-refractivity contribution in [2.24, 2.45) is 5.92 Å². The maximum atomic E-state index is 12.5. The second-order valence-corrected chi connectivity index (χ2v) is 5.93. The van der Waals surface area contributed by atoms with Gasteiger partial charge >= 0.3 is 0 Å². The van der Waals surface area contributed by atoms with E-state index in [1.807, 2.05) is 6.92 Å². The highest BCUT2D eigenvalue weighted by atomic mass is 16.5. The summed E-state index contributed by atoms with van der Waals surface area (Å²) in [5, 5.41) is 6.74. The van der Waals surface area contributed by atoms with Crippen molar-refractivity contribution in [3.63, 3.8) is 0 Å². The van der Waals surface area contributed by atoms with Crippen LogP contribution in [-0.2, 0) is 11.3 Å². The van der Waals surface area contributed by atoms with Crippen molar-refractivity contribution in [1.29, 1.82) is 0 Å². The molecular weight excluding hydrogens is 294 g/mol.